The van der Waals surface area contributed by atoms with E-state index in [1.165, 1.54) is 0 Å². The fourth-order valence-corrected chi connectivity index (χ4v) is 2.83. The van der Waals surface area contributed by atoms with Crippen LogP contribution in [0.2, 0.25) is 5.02 Å². The van der Waals surface area contributed by atoms with E-state index in [1.807, 2.05) is 0 Å². The molecule has 2 rings (SSSR count). The van der Waals surface area contributed by atoms with E-state index in [-0.39, 0.29) is 10.7 Å². The number of hydrogen-bond donors (Lipinski definition) is 1. The van der Waals surface area contributed by atoms with Gasteiger partial charge in [-0.15, -0.1) is 0 Å². The number of carbonyl (C=O) groups is 1. The highest BCUT2D eigenvalue weighted by atomic mass is 35.5. The van der Waals surface area contributed by atoms with Crippen LogP contribution in [0.5, 0.6) is 0 Å². The van der Waals surface area contributed by atoms with E-state index in [4.69, 9.17) is 11.6 Å². The molecule has 3 nitrogen and oxygen atoms in total. The van der Waals surface area contributed by atoms with Crippen LogP contribution in [0, 0.1) is 0 Å². The molecule has 1 heterocycles. The highest BCUT2D eigenvalue weighted by Crippen LogP contribution is 2.33. The minimum atomic E-state index is -4.47. The summed E-state index contributed by atoms with van der Waals surface area (Å²) in [6.45, 7) is 1.15. The van der Waals surface area contributed by atoms with E-state index in [9.17, 15) is 18.0 Å². The van der Waals surface area contributed by atoms with Gasteiger partial charge in [0.15, 0.2) is 0 Å². The average molecular weight is 325 g/mol. The molecule has 0 aliphatic carbocycles. The lowest BCUT2D eigenvalue weighted by Crippen LogP contribution is -2.40. The molecule has 1 fully saturated rings. The highest BCUT2D eigenvalue weighted by Gasteiger charge is 2.31. The van der Waals surface area contributed by atoms with Gasteiger partial charge in [0.2, 0.25) is 0 Å². The van der Waals surface area contributed by atoms with Crippen molar-refractivity contribution >= 4 is 35.1 Å². The summed E-state index contributed by atoms with van der Waals surface area (Å²) in [7, 11) is 0. The SMILES string of the molecule is O=C(Nc1cc(C(F)(F)F)ccc1Cl)N1CCSCC1. The summed E-state index contributed by atoms with van der Waals surface area (Å²) in [4.78, 5) is 13.5. The third-order valence-electron chi connectivity index (χ3n) is 2.83. The molecule has 0 bridgehead atoms. The number of amides is 2. The molecule has 0 saturated carbocycles. The van der Waals surface area contributed by atoms with Crippen LogP contribution in [0.1, 0.15) is 5.56 Å². The third kappa shape index (κ3) is 3.73. The zero-order valence-corrected chi connectivity index (χ0v) is 11.9. The smallest absolute Gasteiger partial charge is 0.323 e. The summed E-state index contributed by atoms with van der Waals surface area (Å²) in [6, 6.07) is 2.44. The summed E-state index contributed by atoms with van der Waals surface area (Å²) in [5, 5.41) is 2.52. The first kappa shape index (κ1) is 15.3. The maximum Gasteiger partial charge on any atom is 0.416 e. The number of anilines is 1. The Kier molecular flexibility index (Phi) is 4.70. The van der Waals surface area contributed by atoms with Gasteiger partial charge in [-0.25, -0.2) is 4.79 Å². The Morgan fingerprint density at radius 3 is 2.55 bits per heavy atom. The van der Waals surface area contributed by atoms with Crippen molar-refractivity contribution in [1.29, 1.82) is 0 Å². The number of nitrogens with zero attached hydrogens (tertiary/aromatic N) is 1. The van der Waals surface area contributed by atoms with Crippen molar-refractivity contribution < 1.29 is 18.0 Å². The molecule has 20 heavy (non-hydrogen) atoms. The first-order chi connectivity index (χ1) is 9.38. The lowest BCUT2D eigenvalue weighted by Gasteiger charge is -2.26. The first-order valence-electron chi connectivity index (χ1n) is 5.88. The van der Waals surface area contributed by atoms with Gasteiger partial charge in [0, 0.05) is 24.6 Å². The van der Waals surface area contributed by atoms with Crippen molar-refractivity contribution in [2.45, 2.75) is 6.18 Å². The number of hydrogen-bond acceptors (Lipinski definition) is 2. The van der Waals surface area contributed by atoms with Gasteiger partial charge in [0.25, 0.3) is 0 Å². The number of carbonyl (C=O) groups excluding carboxylic acids is 1. The summed E-state index contributed by atoms with van der Waals surface area (Å²) in [5.74, 6) is 1.65. The molecule has 1 aliphatic rings. The Morgan fingerprint density at radius 1 is 1.30 bits per heavy atom. The Balaban J connectivity index is 2.13. The maximum atomic E-state index is 12.6. The van der Waals surface area contributed by atoms with Gasteiger partial charge in [-0.3, -0.25) is 0 Å². The predicted molar refractivity (Wildman–Crippen MR) is 74.4 cm³/mol. The lowest BCUT2D eigenvalue weighted by atomic mass is 10.2. The topological polar surface area (TPSA) is 32.3 Å². The monoisotopic (exact) mass is 324 g/mol. The van der Waals surface area contributed by atoms with Gasteiger partial charge in [-0.05, 0) is 18.2 Å². The molecule has 0 spiro atoms. The molecular weight excluding hydrogens is 313 g/mol. The Labute approximate surface area is 123 Å². The molecule has 0 radical (unpaired) electrons. The van der Waals surface area contributed by atoms with E-state index in [1.54, 1.807) is 16.7 Å². The second-order valence-electron chi connectivity index (χ2n) is 4.22. The lowest BCUT2D eigenvalue weighted by molar-refractivity contribution is -0.137. The minimum absolute atomic E-state index is 0.0234. The Bertz CT molecular complexity index is 504. The van der Waals surface area contributed by atoms with Crippen molar-refractivity contribution in [3.05, 3.63) is 28.8 Å². The summed E-state index contributed by atoms with van der Waals surface area (Å²) >= 11 is 7.56. The van der Waals surface area contributed by atoms with Gasteiger partial charge >= 0.3 is 12.2 Å². The van der Waals surface area contributed by atoms with Crippen molar-refractivity contribution in [2.24, 2.45) is 0 Å². The normalized spacial score (nSPS) is 16.1. The molecule has 2 amide bonds. The van der Waals surface area contributed by atoms with Crippen LogP contribution in [0.3, 0.4) is 0 Å². The minimum Gasteiger partial charge on any atom is -0.323 e. The maximum absolute atomic E-state index is 12.6. The molecule has 8 heteroatoms. The molecular formula is C12H12ClF3N2OS. The van der Waals surface area contributed by atoms with Crippen LogP contribution < -0.4 is 5.32 Å². The van der Waals surface area contributed by atoms with Crippen LogP contribution in [0.25, 0.3) is 0 Å². The van der Waals surface area contributed by atoms with E-state index < -0.39 is 17.8 Å². The van der Waals surface area contributed by atoms with Gasteiger partial charge in [0.1, 0.15) is 0 Å². The quantitative estimate of drug-likeness (QED) is 0.848. The molecule has 1 aromatic carbocycles. The molecule has 0 atom stereocenters. The van der Waals surface area contributed by atoms with E-state index in [0.717, 1.165) is 29.7 Å². The highest BCUT2D eigenvalue weighted by molar-refractivity contribution is 7.99. The number of rotatable bonds is 1. The fraction of sp³-hybridized carbons (Fsp3) is 0.417. The summed E-state index contributed by atoms with van der Waals surface area (Å²) < 4.78 is 37.9. The fourth-order valence-electron chi connectivity index (χ4n) is 1.76. The molecule has 1 aliphatic heterocycles. The Hall–Kier alpha value is -1.08. The zero-order valence-electron chi connectivity index (χ0n) is 10.3. The number of urea groups is 1. The molecule has 1 aromatic rings. The average Bonchev–Trinajstić information content (AvgIpc) is 2.41. The number of nitrogens with one attached hydrogen (secondary N) is 1. The van der Waals surface area contributed by atoms with E-state index in [0.29, 0.717) is 13.1 Å². The van der Waals surface area contributed by atoms with Crippen molar-refractivity contribution in [3.8, 4) is 0 Å². The van der Waals surface area contributed by atoms with Crippen LogP contribution in [0.4, 0.5) is 23.7 Å². The van der Waals surface area contributed by atoms with Gasteiger partial charge in [-0.2, -0.15) is 24.9 Å². The second-order valence-corrected chi connectivity index (χ2v) is 5.85. The molecule has 1 saturated heterocycles. The van der Waals surface area contributed by atoms with Crippen LogP contribution in [-0.2, 0) is 6.18 Å². The first-order valence-corrected chi connectivity index (χ1v) is 7.41. The van der Waals surface area contributed by atoms with Crippen molar-refractivity contribution in [3.63, 3.8) is 0 Å². The Morgan fingerprint density at radius 2 is 1.95 bits per heavy atom. The predicted octanol–water partition coefficient (Wildman–Crippen LogP) is 3.94. The summed E-state index contributed by atoms with van der Waals surface area (Å²) in [6.07, 6.45) is -4.47. The van der Waals surface area contributed by atoms with E-state index in [2.05, 4.69) is 5.32 Å². The van der Waals surface area contributed by atoms with Crippen molar-refractivity contribution in [2.75, 3.05) is 29.9 Å². The summed E-state index contributed by atoms with van der Waals surface area (Å²) in [5.41, 5.74) is -0.865. The molecule has 110 valence electrons. The van der Waals surface area contributed by atoms with Gasteiger partial charge in [0.05, 0.1) is 16.3 Å². The molecule has 0 unspecified atom stereocenters. The number of benzene rings is 1. The largest absolute Gasteiger partial charge is 0.416 e. The zero-order chi connectivity index (χ0) is 14.8. The number of halogens is 4. The van der Waals surface area contributed by atoms with Crippen LogP contribution >= 0.6 is 23.4 Å². The van der Waals surface area contributed by atoms with E-state index >= 15 is 0 Å². The van der Waals surface area contributed by atoms with Crippen LogP contribution in [0.15, 0.2) is 18.2 Å². The van der Waals surface area contributed by atoms with Gasteiger partial charge < -0.3 is 10.2 Å². The van der Waals surface area contributed by atoms with Crippen LogP contribution in [-0.4, -0.2) is 35.5 Å². The third-order valence-corrected chi connectivity index (χ3v) is 4.11. The number of thioether (sulfide) groups is 1. The second kappa shape index (κ2) is 6.13. The van der Waals surface area contributed by atoms with Gasteiger partial charge in [-0.1, -0.05) is 11.6 Å². The molecule has 0 aromatic heterocycles. The number of alkyl halides is 3. The standard InChI is InChI=1S/C12H12ClF3N2OS/c13-9-2-1-8(12(14,15)16)7-10(9)17-11(19)18-3-5-20-6-4-18/h1-2,7H,3-6H2,(H,17,19). The molecule has 1 N–H and O–H groups in total. The van der Waals surface area contributed by atoms with Crippen molar-refractivity contribution in [1.82, 2.24) is 4.90 Å².